The number of amides is 1. The van der Waals surface area contributed by atoms with Crippen LogP contribution in [0, 0.1) is 11.8 Å². The van der Waals surface area contributed by atoms with Crippen molar-refractivity contribution in [3.05, 3.63) is 24.3 Å². The lowest BCUT2D eigenvalue weighted by atomic mass is 9.96. The number of rotatable bonds is 9. The van der Waals surface area contributed by atoms with Gasteiger partial charge in [-0.1, -0.05) is 51.5 Å². The Morgan fingerprint density at radius 3 is 2.56 bits per heavy atom. The largest absolute Gasteiger partial charge is 0.356 e. The molecule has 0 heterocycles. The fourth-order valence-electron chi connectivity index (χ4n) is 1.72. The third-order valence-electron chi connectivity index (χ3n) is 2.94. The van der Waals surface area contributed by atoms with E-state index in [1.807, 2.05) is 19.1 Å². The molecule has 0 aliphatic rings. The number of nitrogens with one attached hydrogen (secondary N) is 1. The summed E-state index contributed by atoms with van der Waals surface area (Å²) in [5.41, 5.74) is 0. The van der Waals surface area contributed by atoms with Crippen LogP contribution in [0.4, 0.5) is 0 Å². The van der Waals surface area contributed by atoms with Crippen LogP contribution in [0.2, 0.25) is 0 Å². The maximum Gasteiger partial charge on any atom is 0.220 e. The molecular formula is C16H29NO. The minimum Gasteiger partial charge on any atom is -0.356 e. The zero-order valence-electron chi connectivity index (χ0n) is 12.4. The molecule has 0 rings (SSSR count). The first-order valence-corrected chi connectivity index (χ1v) is 7.14. The Bertz CT molecular complexity index is 266. The summed E-state index contributed by atoms with van der Waals surface area (Å²) in [6.07, 6.45) is 12.2. The number of carbonyl (C=O) groups is 1. The Balaban J connectivity index is 3.84. The molecule has 0 aliphatic carbocycles. The van der Waals surface area contributed by atoms with Crippen LogP contribution in [-0.4, -0.2) is 12.5 Å². The van der Waals surface area contributed by atoms with Crippen LogP contribution in [0.1, 0.15) is 53.4 Å². The van der Waals surface area contributed by atoms with Crippen LogP contribution in [-0.2, 0) is 4.79 Å². The van der Waals surface area contributed by atoms with E-state index in [2.05, 4.69) is 38.2 Å². The van der Waals surface area contributed by atoms with Gasteiger partial charge in [-0.05, 0) is 31.6 Å². The molecule has 0 bridgehead atoms. The molecule has 1 unspecified atom stereocenters. The average molecular weight is 251 g/mol. The van der Waals surface area contributed by atoms with Gasteiger partial charge in [0, 0.05) is 13.0 Å². The van der Waals surface area contributed by atoms with Crippen LogP contribution in [0.5, 0.6) is 0 Å². The zero-order valence-corrected chi connectivity index (χ0v) is 12.4. The Labute approximate surface area is 113 Å². The summed E-state index contributed by atoms with van der Waals surface area (Å²) in [6.45, 7) is 9.19. The van der Waals surface area contributed by atoms with Gasteiger partial charge in [0.05, 0.1) is 0 Å². The highest BCUT2D eigenvalue weighted by molar-refractivity contribution is 5.76. The van der Waals surface area contributed by atoms with Gasteiger partial charge in [-0.2, -0.15) is 0 Å². The normalized spacial score (nSPS) is 13.6. The minimum atomic E-state index is 0.202. The van der Waals surface area contributed by atoms with Crippen molar-refractivity contribution in [3.8, 4) is 0 Å². The fraction of sp³-hybridized carbons (Fsp3) is 0.688. The molecule has 0 aromatic heterocycles. The van der Waals surface area contributed by atoms with Gasteiger partial charge in [0.1, 0.15) is 0 Å². The smallest absolute Gasteiger partial charge is 0.220 e. The average Bonchev–Trinajstić information content (AvgIpc) is 2.34. The van der Waals surface area contributed by atoms with Crippen molar-refractivity contribution in [2.75, 3.05) is 6.54 Å². The standard InChI is InChI=1S/C16H29NO/c1-5-7-8-9-10-11-15(6-2)12-16(18)17-13-14(3)4/h5,7-9,14-15H,6,10-13H2,1-4H3,(H,17,18)/b7-5+,9-8-. The second-order valence-corrected chi connectivity index (χ2v) is 5.21. The molecule has 0 saturated carbocycles. The van der Waals surface area contributed by atoms with E-state index in [1.54, 1.807) is 0 Å². The number of allylic oxidation sites excluding steroid dienone is 4. The second-order valence-electron chi connectivity index (χ2n) is 5.21. The molecule has 1 atom stereocenters. The second kappa shape index (κ2) is 11.1. The Morgan fingerprint density at radius 1 is 1.28 bits per heavy atom. The lowest BCUT2D eigenvalue weighted by Crippen LogP contribution is -2.28. The van der Waals surface area contributed by atoms with E-state index in [-0.39, 0.29) is 5.91 Å². The lowest BCUT2D eigenvalue weighted by molar-refractivity contribution is -0.122. The van der Waals surface area contributed by atoms with Gasteiger partial charge in [0.2, 0.25) is 5.91 Å². The van der Waals surface area contributed by atoms with E-state index in [0.717, 1.165) is 25.8 Å². The summed E-state index contributed by atoms with van der Waals surface area (Å²) in [7, 11) is 0. The van der Waals surface area contributed by atoms with Gasteiger partial charge in [0.25, 0.3) is 0 Å². The van der Waals surface area contributed by atoms with Crippen molar-refractivity contribution in [3.63, 3.8) is 0 Å². The summed E-state index contributed by atoms with van der Waals surface area (Å²) < 4.78 is 0. The van der Waals surface area contributed by atoms with Crippen LogP contribution >= 0.6 is 0 Å². The summed E-state index contributed by atoms with van der Waals surface area (Å²) in [4.78, 5) is 11.7. The first kappa shape index (κ1) is 16.9. The molecule has 0 fully saturated rings. The van der Waals surface area contributed by atoms with E-state index >= 15 is 0 Å². The van der Waals surface area contributed by atoms with E-state index in [0.29, 0.717) is 18.3 Å². The van der Waals surface area contributed by atoms with Crippen molar-refractivity contribution >= 4 is 5.91 Å². The van der Waals surface area contributed by atoms with Crippen LogP contribution in [0.3, 0.4) is 0 Å². The molecule has 0 saturated heterocycles. The summed E-state index contributed by atoms with van der Waals surface area (Å²) in [5, 5.41) is 2.99. The molecule has 0 aromatic carbocycles. The molecular weight excluding hydrogens is 222 g/mol. The highest BCUT2D eigenvalue weighted by Gasteiger charge is 2.11. The van der Waals surface area contributed by atoms with Crippen LogP contribution in [0.15, 0.2) is 24.3 Å². The first-order valence-electron chi connectivity index (χ1n) is 7.14. The Hall–Kier alpha value is -1.05. The fourth-order valence-corrected chi connectivity index (χ4v) is 1.72. The third-order valence-corrected chi connectivity index (χ3v) is 2.94. The van der Waals surface area contributed by atoms with Crippen molar-refractivity contribution in [2.45, 2.75) is 53.4 Å². The SMILES string of the molecule is C/C=C/C=C\CCC(CC)CC(=O)NCC(C)C. The predicted octanol–water partition coefficient (Wildman–Crippen LogP) is 4.09. The third kappa shape index (κ3) is 10.1. The number of carbonyl (C=O) groups excluding carboxylic acids is 1. The van der Waals surface area contributed by atoms with Gasteiger partial charge in [0.15, 0.2) is 0 Å². The predicted molar refractivity (Wildman–Crippen MR) is 79.4 cm³/mol. The van der Waals surface area contributed by atoms with E-state index < -0.39 is 0 Å². The molecule has 104 valence electrons. The topological polar surface area (TPSA) is 29.1 Å². The van der Waals surface area contributed by atoms with E-state index in [4.69, 9.17) is 0 Å². The highest BCUT2D eigenvalue weighted by atomic mass is 16.1. The molecule has 18 heavy (non-hydrogen) atoms. The number of hydrogen-bond acceptors (Lipinski definition) is 1. The number of hydrogen-bond donors (Lipinski definition) is 1. The zero-order chi connectivity index (χ0) is 13.8. The van der Waals surface area contributed by atoms with Gasteiger partial charge in [-0.25, -0.2) is 0 Å². The van der Waals surface area contributed by atoms with E-state index in [9.17, 15) is 4.79 Å². The molecule has 2 nitrogen and oxygen atoms in total. The molecule has 0 aliphatic heterocycles. The molecule has 1 N–H and O–H groups in total. The van der Waals surface area contributed by atoms with Crippen molar-refractivity contribution in [1.29, 1.82) is 0 Å². The summed E-state index contributed by atoms with van der Waals surface area (Å²) >= 11 is 0. The Kier molecular flexibility index (Phi) is 10.4. The van der Waals surface area contributed by atoms with E-state index in [1.165, 1.54) is 0 Å². The maximum atomic E-state index is 11.7. The van der Waals surface area contributed by atoms with Crippen molar-refractivity contribution in [2.24, 2.45) is 11.8 Å². The highest BCUT2D eigenvalue weighted by Crippen LogP contribution is 2.15. The molecule has 1 amide bonds. The van der Waals surface area contributed by atoms with Gasteiger partial charge >= 0.3 is 0 Å². The molecule has 0 aromatic rings. The molecule has 2 heteroatoms. The van der Waals surface area contributed by atoms with Gasteiger partial charge < -0.3 is 5.32 Å². The Morgan fingerprint density at radius 2 is 2.00 bits per heavy atom. The molecule has 0 spiro atoms. The summed E-state index contributed by atoms with van der Waals surface area (Å²) in [5.74, 6) is 1.23. The minimum absolute atomic E-state index is 0.202. The summed E-state index contributed by atoms with van der Waals surface area (Å²) in [6, 6.07) is 0. The monoisotopic (exact) mass is 251 g/mol. The molecule has 0 radical (unpaired) electrons. The van der Waals surface area contributed by atoms with Crippen LogP contribution in [0.25, 0.3) is 0 Å². The van der Waals surface area contributed by atoms with Crippen LogP contribution < -0.4 is 5.32 Å². The maximum absolute atomic E-state index is 11.7. The van der Waals surface area contributed by atoms with Crippen molar-refractivity contribution in [1.82, 2.24) is 5.32 Å². The van der Waals surface area contributed by atoms with Gasteiger partial charge in [-0.3, -0.25) is 4.79 Å². The van der Waals surface area contributed by atoms with Crippen molar-refractivity contribution < 1.29 is 4.79 Å². The van der Waals surface area contributed by atoms with Gasteiger partial charge in [-0.15, -0.1) is 0 Å². The first-order chi connectivity index (χ1) is 8.60. The quantitative estimate of drug-likeness (QED) is 0.614. The lowest BCUT2D eigenvalue weighted by Gasteiger charge is -2.14.